The lowest BCUT2D eigenvalue weighted by Gasteiger charge is -2.10. The van der Waals surface area contributed by atoms with Gasteiger partial charge in [-0.05, 0) is 19.1 Å². The predicted molar refractivity (Wildman–Crippen MR) is 81.6 cm³/mol. The molecule has 21 heavy (non-hydrogen) atoms. The van der Waals surface area contributed by atoms with Gasteiger partial charge in [0.25, 0.3) is 0 Å². The topological polar surface area (TPSA) is 71.7 Å². The average Bonchev–Trinajstić information content (AvgIpc) is 2.87. The van der Waals surface area contributed by atoms with E-state index < -0.39 is 0 Å². The van der Waals surface area contributed by atoms with E-state index in [2.05, 4.69) is 15.4 Å². The fraction of sp³-hybridized carbons (Fsp3) is 0.333. The number of aliphatic hydroxyl groups excluding tert-OH is 1. The lowest BCUT2D eigenvalue weighted by molar-refractivity contribution is 0.0992. The number of nitrogens with zero attached hydrogens (tertiary/aromatic N) is 3. The minimum absolute atomic E-state index is 0.0439. The fourth-order valence-electron chi connectivity index (χ4n) is 2.32. The molecule has 2 N–H and O–H groups in total. The van der Waals surface area contributed by atoms with Crippen LogP contribution in [0.5, 0.6) is 0 Å². The molecule has 0 unspecified atom stereocenters. The molecule has 6 nitrogen and oxygen atoms in total. The highest BCUT2D eigenvalue weighted by Crippen LogP contribution is 2.23. The fourth-order valence-corrected chi connectivity index (χ4v) is 2.32. The van der Waals surface area contributed by atoms with Gasteiger partial charge in [-0.2, -0.15) is 5.10 Å². The first-order chi connectivity index (χ1) is 10.3. The summed E-state index contributed by atoms with van der Waals surface area (Å²) in [5, 5.41) is 17.5. The minimum atomic E-state index is 0.0439. The number of aromatic nitrogens is 3. The molecule has 0 aliphatic rings. The number of aryl methyl sites for hydroxylation is 1. The van der Waals surface area contributed by atoms with E-state index >= 15 is 0 Å². The van der Waals surface area contributed by atoms with Gasteiger partial charge in [-0.25, -0.2) is 9.50 Å². The quantitative estimate of drug-likeness (QED) is 0.674. The van der Waals surface area contributed by atoms with Gasteiger partial charge in [0.2, 0.25) is 0 Å². The molecule has 2 heterocycles. The van der Waals surface area contributed by atoms with E-state index in [1.165, 1.54) is 0 Å². The van der Waals surface area contributed by atoms with E-state index in [4.69, 9.17) is 9.84 Å². The van der Waals surface area contributed by atoms with Crippen molar-refractivity contribution in [3.63, 3.8) is 0 Å². The molecule has 6 heteroatoms. The van der Waals surface area contributed by atoms with Crippen molar-refractivity contribution in [1.29, 1.82) is 0 Å². The lowest BCUT2D eigenvalue weighted by Crippen LogP contribution is -2.13. The van der Waals surface area contributed by atoms with Gasteiger partial charge in [0.1, 0.15) is 5.82 Å². The molecule has 0 aliphatic carbocycles. The van der Waals surface area contributed by atoms with Crippen LogP contribution in [0.15, 0.2) is 30.3 Å². The minimum Gasteiger partial charge on any atom is -0.394 e. The van der Waals surface area contributed by atoms with Gasteiger partial charge in [0.05, 0.1) is 31.0 Å². The number of para-hydroxylation sites is 1. The molecule has 0 fully saturated rings. The second-order valence-electron chi connectivity index (χ2n) is 4.80. The summed E-state index contributed by atoms with van der Waals surface area (Å²) >= 11 is 0. The third kappa shape index (κ3) is 2.81. The van der Waals surface area contributed by atoms with E-state index in [-0.39, 0.29) is 6.61 Å². The normalized spacial score (nSPS) is 11.3. The Hall–Kier alpha value is -2.18. The molecule has 0 aliphatic heterocycles. The molecule has 0 bridgehead atoms. The lowest BCUT2D eigenvalue weighted by atomic mass is 10.2. The van der Waals surface area contributed by atoms with Crippen LogP contribution in [0.1, 0.15) is 5.69 Å². The number of hydrogen-bond acceptors (Lipinski definition) is 5. The van der Waals surface area contributed by atoms with Crippen LogP contribution >= 0.6 is 0 Å². The van der Waals surface area contributed by atoms with Crippen LogP contribution in [0.25, 0.3) is 16.6 Å². The van der Waals surface area contributed by atoms with Crippen LogP contribution in [0, 0.1) is 6.92 Å². The number of rotatable bonds is 6. The zero-order valence-corrected chi connectivity index (χ0v) is 11.9. The Morgan fingerprint density at radius 1 is 1.29 bits per heavy atom. The highest BCUT2D eigenvalue weighted by atomic mass is 16.5. The first kappa shape index (κ1) is 13.8. The maximum atomic E-state index is 8.68. The Balaban J connectivity index is 1.92. The Morgan fingerprint density at radius 3 is 3.00 bits per heavy atom. The SMILES string of the molecule is Cc1cc2nc(NCCOCCO)c3ccccc3n2n1. The first-order valence-corrected chi connectivity index (χ1v) is 6.97. The van der Waals surface area contributed by atoms with Crippen LogP contribution in [0.2, 0.25) is 0 Å². The number of benzene rings is 1. The van der Waals surface area contributed by atoms with Crippen molar-refractivity contribution < 1.29 is 9.84 Å². The molecule has 0 saturated carbocycles. The average molecular weight is 286 g/mol. The standard InChI is InChI=1S/C15H18N4O2/c1-11-10-14-17-15(16-6-8-21-9-7-20)12-4-2-3-5-13(12)19(14)18-11/h2-5,10,20H,6-9H2,1H3,(H,16,17). The van der Waals surface area contributed by atoms with E-state index in [1.807, 2.05) is 41.8 Å². The number of aliphatic hydroxyl groups is 1. The third-order valence-corrected chi connectivity index (χ3v) is 3.20. The smallest absolute Gasteiger partial charge is 0.158 e. The summed E-state index contributed by atoms with van der Waals surface area (Å²) in [6, 6.07) is 9.99. The summed E-state index contributed by atoms with van der Waals surface area (Å²) in [6.45, 7) is 3.53. The van der Waals surface area contributed by atoms with Gasteiger partial charge < -0.3 is 15.2 Å². The maximum absolute atomic E-state index is 8.68. The van der Waals surface area contributed by atoms with Crippen LogP contribution in [-0.2, 0) is 4.74 Å². The van der Waals surface area contributed by atoms with Crippen LogP contribution in [0.4, 0.5) is 5.82 Å². The Morgan fingerprint density at radius 2 is 2.14 bits per heavy atom. The summed E-state index contributed by atoms with van der Waals surface area (Å²) in [4.78, 5) is 4.63. The molecule has 3 rings (SSSR count). The Bertz CT molecular complexity index is 754. The predicted octanol–water partition coefficient (Wildman–Crippen LogP) is 1.61. The van der Waals surface area contributed by atoms with Gasteiger partial charge >= 0.3 is 0 Å². The number of fused-ring (bicyclic) bond motifs is 3. The van der Waals surface area contributed by atoms with Gasteiger partial charge in [-0.3, -0.25) is 0 Å². The van der Waals surface area contributed by atoms with Gasteiger partial charge in [-0.15, -0.1) is 0 Å². The van der Waals surface area contributed by atoms with Gasteiger partial charge in [0, 0.05) is 18.0 Å². The van der Waals surface area contributed by atoms with Crippen molar-refractivity contribution in [2.75, 3.05) is 31.7 Å². The molecule has 2 aromatic heterocycles. The van der Waals surface area contributed by atoms with Crippen molar-refractivity contribution in [2.45, 2.75) is 6.92 Å². The van der Waals surface area contributed by atoms with E-state index in [0.717, 1.165) is 28.1 Å². The second-order valence-corrected chi connectivity index (χ2v) is 4.80. The molecule has 110 valence electrons. The summed E-state index contributed by atoms with van der Waals surface area (Å²) in [6.07, 6.45) is 0. The monoisotopic (exact) mass is 286 g/mol. The van der Waals surface area contributed by atoms with E-state index in [1.54, 1.807) is 0 Å². The van der Waals surface area contributed by atoms with Gasteiger partial charge in [-0.1, -0.05) is 12.1 Å². The zero-order valence-electron chi connectivity index (χ0n) is 11.9. The van der Waals surface area contributed by atoms with Gasteiger partial charge in [0.15, 0.2) is 5.65 Å². The number of ether oxygens (including phenoxy) is 1. The summed E-state index contributed by atoms with van der Waals surface area (Å²) < 4.78 is 7.11. The van der Waals surface area contributed by atoms with Crippen molar-refractivity contribution in [1.82, 2.24) is 14.6 Å². The number of hydrogen-bond donors (Lipinski definition) is 2. The van der Waals surface area contributed by atoms with E-state index in [0.29, 0.717) is 19.8 Å². The number of nitrogens with one attached hydrogen (secondary N) is 1. The number of anilines is 1. The Kier molecular flexibility index (Phi) is 3.98. The molecular formula is C15H18N4O2. The van der Waals surface area contributed by atoms with E-state index in [9.17, 15) is 0 Å². The molecule has 0 amide bonds. The highest BCUT2D eigenvalue weighted by Gasteiger charge is 2.09. The maximum Gasteiger partial charge on any atom is 0.158 e. The summed E-state index contributed by atoms with van der Waals surface area (Å²) in [5.74, 6) is 0.825. The Labute approximate surface area is 122 Å². The molecule has 1 aromatic carbocycles. The van der Waals surface area contributed by atoms with Crippen LogP contribution in [0.3, 0.4) is 0 Å². The first-order valence-electron chi connectivity index (χ1n) is 6.97. The van der Waals surface area contributed by atoms with Crippen LogP contribution < -0.4 is 5.32 Å². The molecule has 0 radical (unpaired) electrons. The molecule has 0 saturated heterocycles. The molecular weight excluding hydrogens is 268 g/mol. The second kappa shape index (κ2) is 6.07. The van der Waals surface area contributed by atoms with Crippen molar-refractivity contribution in [3.8, 4) is 0 Å². The molecule has 0 spiro atoms. The third-order valence-electron chi connectivity index (χ3n) is 3.20. The molecule has 0 atom stereocenters. The molecule has 3 aromatic rings. The van der Waals surface area contributed by atoms with Crippen LogP contribution in [-0.4, -0.2) is 46.1 Å². The highest BCUT2D eigenvalue weighted by molar-refractivity contribution is 5.91. The van der Waals surface area contributed by atoms with Crippen molar-refractivity contribution in [2.24, 2.45) is 0 Å². The zero-order chi connectivity index (χ0) is 14.7. The summed E-state index contributed by atoms with van der Waals surface area (Å²) in [5.41, 5.74) is 2.79. The van der Waals surface area contributed by atoms with Crippen molar-refractivity contribution >= 4 is 22.4 Å². The van der Waals surface area contributed by atoms with Crippen molar-refractivity contribution in [3.05, 3.63) is 36.0 Å². The largest absolute Gasteiger partial charge is 0.394 e. The summed E-state index contributed by atoms with van der Waals surface area (Å²) in [7, 11) is 0.